The number of rotatable bonds is 15. The number of hydrogen-bond acceptors (Lipinski definition) is 7. The van der Waals surface area contributed by atoms with Gasteiger partial charge < -0.3 is 32.8 Å². The molecule has 11 nitrogen and oxygen atoms in total. The zero-order chi connectivity index (χ0) is 33.3. The van der Waals surface area contributed by atoms with Crippen molar-refractivity contribution in [2.75, 3.05) is 18.4 Å². The van der Waals surface area contributed by atoms with Crippen LogP contribution in [0.5, 0.6) is 0 Å². The lowest BCUT2D eigenvalue weighted by atomic mass is 10.0. The quantitative estimate of drug-likeness (QED) is 0.0704. The van der Waals surface area contributed by atoms with Gasteiger partial charge in [0.2, 0.25) is 0 Å². The van der Waals surface area contributed by atoms with Crippen LogP contribution in [0.1, 0.15) is 37.3 Å². The lowest BCUT2D eigenvalue weighted by Crippen LogP contribution is -2.36. The number of nitrogens with one attached hydrogen (secondary N) is 3. The second kappa shape index (κ2) is 15.7. The number of fused-ring (bicyclic) bond motifs is 1. The third-order valence-corrected chi connectivity index (χ3v) is 8.06. The largest absolute Gasteiger partial charge is 0.370 e. The minimum absolute atomic E-state index is 0.0450. The third kappa shape index (κ3) is 9.16. The smallest absolute Gasteiger partial charge is 0.354 e. The van der Waals surface area contributed by atoms with Gasteiger partial charge in [0.1, 0.15) is 11.5 Å². The van der Waals surface area contributed by atoms with E-state index in [2.05, 4.69) is 30.6 Å². The fraction of sp³-hybridized carbons (Fsp3) is 0.294. The molecule has 5 rings (SSSR count). The van der Waals surface area contributed by atoms with Gasteiger partial charge in [0, 0.05) is 55.1 Å². The van der Waals surface area contributed by atoms with Gasteiger partial charge in [-0.3, -0.25) is 9.56 Å². The average molecular weight is 659 g/mol. The van der Waals surface area contributed by atoms with Crippen LogP contribution in [-0.2, 0) is 13.0 Å². The molecule has 47 heavy (non-hydrogen) atoms. The van der Waals surface area contributed by atoms with Gasteiger partial charge in [-0.05, 0) is 86.2 Å². The van der Waals surface area contributed by atoms with Crippen molar-refractivity contribution in [1.29, 1.82) is 0 Å². The van der Waals surface area contributed by atoms with Crippen LogP contribution in [0.4, 0.5) is 10.2 Å². The van der Waals surface area contributed by atoms with Crippen molar-refractivity contribution in [1.82, 2.24) is 24.8 Å². The van der Waals surface area contributed by atoms with Gasteiger partial charge in [0.25, 0.3) is 0 Å². The molecule has 13 heteroatoms. The zero-order valence-corrected chi connectivity index (χ0v) is 27.0. The van der Waals surface area contributed by atoms with Gasteiger partial charge >= 0.3 is 5.69 Å². The van der Waals surface area contributed by atoms with Crippen LogP contribution < -0.4 is 33.5 Å². The van der Waals surface area contributed by atoms with Gasteiger partial charge in [-0.1, -0.05) is 29.8 Å². The van der Waals surface area contributed by atoms with Crippen molar-refractivity contribution in [2.24, 2.45) is 22.2 Å². The van der Waals surface area contributed by atoms with E-state index in [4.69, 9.17) is 28.8 Å². The molecule has 246 valence electrons. The fourth-order valence-electron chi connectivity index (χ4n) is 5.30. The Morgan fingerprint density at radius 3 is 2.64 bits per heavy atom. The molecule has 0 amide bonds. The number of guanidine groups is 1. The second-order valence-corrected chi connectivity index (χ2v) is 12.0. The van der Waals surface area contributed by atoms with Gasteiger partial charge in [-0.2, -0.15) is 4.98 Å². The molecule has 0 aliphatic rings. The monoisotopic (exact) mass is 658 g/mol. The Kier molecular flexibility index (Phi) is 11.2. The number of aromatic amines is 1. The molecule has 0 aliphatic heterocycles. The van der Waals surface area contributed by atoms with E-state index in [0.717, 1.165) is 36.2 Å². The molecule has 5 aromatic rings. The number of aryl methyl sites for hydroxylation is 1. The summed E-state index contributed by atoms with van der Waals surface area (Å²) in [5.74, 6) is 0.316. The Balaban J connectivity index is 1.29. The number of pyridine rings is 1. The van der Waals surface area contributed by atoms with E-state index in [-0.39, 0.29) is 23.1 Å². The highest BCUT2D eigenvalue weighted by Gasteiger charge is 2.16. The summed E-state index contributed by atoms with van der Waals surface area (Å²) in [5.41, 5.74) is 20.2. The first-order valence-corrected chi connectivity index (χ1v) is 15.9. The molecule has 3 aromatic heterocycles. The van der Waals surface area contributed by atoms with Crippen molar-refractivity contribution in [3.63, 3.8) is 0 Å². The van der Waals surface area contributed by atoms with Crippen molar-refractivity contribution >= 4 is 34.4 Å². The van der Waals surface area contributed by atoms with Crippen LogP contribution >= 0.6 is 11.6 Å². The van der Waals surface area contributed by atoms with E-state index in [0.29, 0.717) is 54.0 Å². The third-order valence-electron chi connectivity index (χ3n) is 7.79. The number of hydrogen-bond donors (Lipinski definition) is 6. The maximum atomic E-state index is 15.1. The predicted octanol–water partition coefficient (Wildman–Crippen LogP) is 4.47. The van der Waals surface area contributed by atoms with Crippen molar-refractivity contribution in [2.45, 2.75) is 51.2 Å². The molecule has 0 aliphatic carbocycles. The van der Waals surface area contributed by atoms with E-state index in [1.165, 1.54) is 4.57 Å². The Morgan fingerprint density at radius 1 is 1.11 bits per heavy atom. The van der Waals surface area contributed by atoms with Crippen molar-refractivity contribution in [3.8, 4) is 16.9 Å². The summed E-state index contributed by atoms with van der Waals surface area (Å²) in [7, 11) is 0. The number of aromatic nitrogens is 4. The van der Waals surface area contributed by atoms with E-state index < -0.39 is 11.5 Å². The Morgan fingerprint density at radius 2 is 1.91 bits per heavy atom. The zero-order valence-electron chi connectivity index (χ0n) is 26.2. The molecular weight excluding hydrogens is 619 g/mol. The van der Waals surface area contributed by atoms with E-state index >= 15 is 4.39 Å². The fourth-order valence-corrected chi connectivity index (χ4v) is 5.54. The Bertz CT molecular complexity index is 1870. The summed E-state index contributed by atoms with van der Waals surface area (Å²) in [6.07, 6.45) is 6.60. The Hall–Kier alpha value is -4.78. The van der Waals surface area contributed by atoms with Gasteiger partial charge in [-0.25, -0.2) is 14.2 Å². The van der Waals surface area contributed by atoms with Crippen LogP contribution in [0.2, 0.25) is 5.02 Å². The highest BCUT2D eigenvalue weighted by molar-refractivity contribution is 6.31. The number of nitrogens with two attached hydrogens (primary N) is 3. The summed E-state index contributed by atoms with van der Waals surface area (Å²) in [4.78, 5) is 28.8. The SMILES string of the molecule is CC(N)CCCc1cc(Cl)c(F)c(-c2cc3cn(-c4ccc(CNC(CCN=C(N)N)CNc5ccccn5)cc4)c(=O)nc3[nH]2)c1. The Labute approximate surface area is 277 Å². The molecule has 0 saturated heterocycles. The molecule has 0 radical (unpaired) electrons. The number of halogens is 2. The molecule has 2 atom stereocenters. The highest BCUT2D eigenvalue weighted by atomic mass is 35.5. The van der Waals surface area contributed by atoms with E-state index in [9.17, 15) is 4.79 Å². The minimum atomic E-state index is -0.528. The number of anilines is 1. The van der Waals surface area contributed by atoms with Gasteiger partial charge in [0.05, 0.1) is 16.4 Å². The molecule has 0 spiro atoms. The predicted molar refractivity (Wildman–Crippen MR) is 187 cm³/mol. The number of benzene rings is 2. The highest BCUT2D eigenvalue weighted by Crippen LogP contribution is 2.31. The maximum Gasteiger partial charge on any atom is 0.354 e. The van der Waals surface area contributed by atoms with E-state index in [1.807, 2.05) is 49.4 Å². The van der Waals surface area contributed by atoms with Crippen LogP contribution in [0.15, 0.2) is 82.8 Å². The molecular formula is C34H40ClFN10O. The molecule has 0 bridgehead atoms. The van der Waals surface area contributed by atoms with Gasteiger partial charge in [-0.15, -0.1) is 0 Å². The summed E-state index contributed by atoms with van der Waals surface area (Å²) in [6.45, 7) is 3.66. The maximum absolute atomic E-state index is 15.1. The number of nitrogens with zero attached hydrogens (tertiary/aromatic N) is 4. The molecule has 0 saturated carbocycles. The molecule has 0 fully saturated rings. The van der Waals surface area contributed by atoms with E-state index in [1.54, 1.807) is 30.6 Å². The first-order chi connectivity index (χ1) is 22.7. The standard InChI is InChI=1S/C34H40ClFN10O/c1-21(37)5-4-6-23-15-27(31(36)28(35)16-23)29-17-24-20-46(34(47)45-32(24)44-29)26-10-8-22(9-11-26)18-42-25(12-14-41-33(38)39)19-43-30-7-2-3-13-40-30/h2-3,7-11,13,15-17,20-21,25,42H,4-6,12,14,18-19,37H2,1H3,(H,40,43)(H4,38,39,41)(H,44,45,47). The molecule has 9 N–H and O–H groups in total. The van der Waals surface area contributed by atoms with Crippen LogP contribution in [-0.4, -0.2) is 50.7 Å². The molecule has 3 heterocycles. The lowest BCUT2D eigenvalue weighted by molar-refractivity contribution is 0.502. The molecule has 2 unspecified atom stereocenters. The summed E-state index contributed by atoms with van der Waals surface area (Å²) in [5, 5.41) is 7.59. The van der Waals surface area contributed by atoms with Crippen molar-refractivity contribution < 1.29 is 4.39 Å². The lowest BCUT2D eigenvalue weighted by Gasteiger charge is -2.19. The minimum Gasteiger partial charge on any atom is -0.370 e. The normalized spacial score (nSPS) is 12.6. The topological polar surface area (TPSA) is 178 Å². The summed E-state index contributed by atoms with van der Waals surface area (Å²) >= 11 is 6.26. The first kappa shape index (κ1) is 33.6. The summed E-state index contributed by atoms with van der Waals surface area (Å²) < 4.78 is 16.6. The first-order valence-electron chi connectivity index (χ1n) is 15.6. The van der Waals surface area contributed by atoms with Crippen molar-refractivity contribution in [3.05, 3.63) is 106 Å². The van der Waals surface area contributed by atoms with Gasteiger partial charge in [0.15, 0.2) is 11.8 Å². The van der Waals surface area contributed by atoms with Crippen LogP contribution in [0.3, 0.4) is 0 Å². The number of aliphatic imine (C=N–C) groups is 1. The number of H-pyrrole nitrogens is 1. The van der Waals surface area contributed by atoms with Crippen LogP contribution in [0, 0.1) is 5.82 Å². The second-order valence-electron chi connectivity index (χ2n) is 11.6. The average Bonchev–Trinajstić information content (AvgIpc) is 3.46. The molecule has 2 aromatic carbocycles. The summed E-state index contributed by atoms with van der Waals surface area (Å²) in [6, 6.07) is 18.7. The van der Waals surface area contributed by atoms with Crippen LogP contribution in [0.25, 0.3) is 28.0 Å².